The van der Waals surface area contributed by atoms with Gasteiger partial charge in [0.15, 0.2) is 0 Å². The Labute approximate surface area is 138 Å². The fourth-order valence-corrected chi connectivity index (χ4v) is 3.03. The topological polar surface area (TPSA) is 38.3 Å². The highest BCUT2D eigenvalue weighted by Crippen LogP contribution is 2.28. The molecule has 0 atom stereocenters. The molecule has 0 aliphatic rings. The lowest BCUT2D eigenvalue weighted by Gasteiger charge is -2.09. The van der Waals surface area contributed by atoms with Crippen LogP contribution >= 0.6 is 43.5 Å². The van der Waals surface area contributed by atoms with E-state index in [2.05, 4.69) is 37.2 Å². The Morgan fingerprint density at radius 1 is 1.20 bits per heavy atom. The van der Waals surface area contributed by atoms with E-state index in [1.165, 1.54) is 7.11 Å². The fourth-order valence-electron chi connectivity index (χ4n) is 1.61. The number of hydrogen-bond acceptors (Lipinski definition) is 2. The van der Waals surface area contributed by atoms with Crippen LogP contribution in [0.1, 0.15) is 10.4 Å². The Hall–Kier alpha value is -1.04. The van der Waals surface area contributed by atoms with Gasteiger partial charge in [-0.25, -0.2) is 0 Å². The van der Waals surface area contributed by atoms with E-state index in [4.69, 9.17) is 16.3 Å². The summed E-state index contributed by atoms with van der Waals surface area (Å²) >= 11 is 12.7. The summed E-state index contributed by atoms with van der Waals surface area (Å²) < 4.78 is 6.72. The third kappa shape index (κ3) is 3.53. The van der Waals surface area contributed by atoms with Crippen LogP contribution in [0.3, 0.4) is 0 Å². The standard InChI is InChI=1S/C14H10Br2ClNO2/c1-20-13-7-9(3-5-12(13)17)18-14(19)10-4-2-8(15)6-11(10)16/h2-7H,1H3,(H,18,19). The van der Waals surface area contributed by atoms with Gasteiger partial charge >= 0.3 is 0 Å². The van der Waals surface area contributed by atoms with Crippen LogP contribution in [0.4, 0.5) is 5.69 Å². The number of nitrogens with one attached hydrogen (secondary N) is 1. The first-order valence-electron chi connectivity index (χ1n) is 5.61. The van der Waals surface area contributed by atoms with E-state index in [9.17, 15) is 4.79 Å². The van der Waals surface area contributed by atoms with E-state index in [0.29, 0.717) is 26.5 Å². The number of carbonyl (C=O) groups excluding carboxylic acids is 1. The zero-order valence-corrected chi connectivity index (χ0v) is 14.3. The molecule has 0 aliphatic heterocycles. The normalized spacial score (nSPS) is 10.2. The smallest absolute Gasteiger partial charge is 0.256 e. The zero-order chi connectivity index (χ0) is 14.7. The second-order valence-corrected chi connectivity index (χ2v) is 6.10. The molecule has 0 spiro atoms. The maximum absolute atomic E-state index is 12.2. The van der Waals surface area contributed by atoms with Gasteiger partial charge in [0.1, 0.15) is 5.75 Å². The molecule has 0 heterocycles. The number of hydrogen-bond donors (Lipinski definition) is 1. The van der Waals surface area contributed by atoms with Crippen molar-refractivity contribution in [1.82, 2.24) is 0 Å². The summed E-state index contributed by atoms with van der Waals surface area (Å²) in [6, 6.07) is 10.4. The zero-order valence-electron chi connectivity index (χ0n) is 10.4. The van der Waals surface area contributed by atoms with Gasteiger partial charge in [-0.2, -0.15) is 0 Å². The molecule has 0 fully saturated rings. The molecule has 0 radical (unpaired) electrons. The second kappa shape index (κ2) is 6.61. The number of amides is 1. The van der Waals surface area contributed by atoms with Crippen LogP contribution in [0.2, 0.25) is 5.02 Å². The number of halogens is 3. The largest absolute Gasteiger partial charge is 0.495 e. The van der Waals surface area contributed by atoms with Gasteiger partial charge in [0.2, 0.25) is 0 Å². The van der Waals surface area contributed by atoms with Gasteiger partial charge in [-0.3, -0.25) is 4.79 Å². The average molecular weight is 420 g/mol. The van der Waals surface area contributed by atoms with Crippen molar-refractivity contribution in [1.29, 1.82) is 0 Å². The molecule has 20 heavy (non-hydrogen) atoms. The van der Waals surface area contributed by atoms with E-state index >= 15 is 0 Å². The van der Waals surface area contributed by atoms with Crippen LogP contribution in [-0.2, 0) is 0 Å². The van der Waals surface area contributed by atoms with Crippen molar-refractivity contribution in [3.05, 3.63) is 55.9 Å². The molecule has 0 saturated heterocycles. The first-order valence-corrected chi connectivity index (χ1v) is 7.57. The minimum atomic E-state index is -0.214. The molecule has 0 saturated carbocycles. The van der Waals surface area contributed by atoms with Crippen molar-refractivity contribution >= 4 is 55.1 Å². The molecule has 0 unspecified atom stereocenters. The predicted molar refractivity (Wildman–Crippen MR) is 87.8 cm³/mol. The summed E-state index contributed by atoms with van der Waals surface area (Å²) in [7, 11) is 1.53. The van der Waals surface area contributed by atoms with Crippen molar-refractivity contribution in [2.24, 2.45) is 0 Å². The Kier molecular flexibility index (Phi) is 5.07. The lowest BCUT2D eigenvalue weighted by Crippen LogP contribution is -2.12. The van der Waals surface area contributed by atoms with Crippen molar-refractivity contribution in [2.45, 2.75) is 0 Å². The molecule has 0 aromatic heterocycles. The summed E-state index contributed by atoms with van der Waals surface area (Å²) in [6.45, 7) is 0. The van der Waals surface area contributed by atoms with Crippen molar-refractivity contribution in [2.75, 3.05) is 12.4 Å². The molecule has 6 heteroatoms. The third-order valence-corrected chi connectivity index (χ3v) is 4.05. The molecular formula is C14H10Br2ClNO2. The van der Waals surface area contributed by atoms with E-state index in [1.54, 1.807) is 24.3 Å². The van der Waals surface area contributed by atoms with Crippen LogP contribution in [0.15, 0.2) is 45.3 Å². The predicted octanol–water partition coefficient (Wildman–Crippen LogP) is 5.13. The molecule has 1 N–H and O–H groups in total. The highest BCUT2D eigenvalue weighted by Gasteiger charge is 2.11. The van der Waals surface area contributed by atoms with Crippen molar-refractivity contribution in [3.63, 3.8) is 0 Å². The summed E-state index contributed by atoms with van der Waals surface area (Å²) in [5, 5.41) is 3.29. The average Bonchev–Trinajstić information content (AvgIpc) is 2.40. The maximum Gasteiger partial charge on any atom is 0.256 e. The second-order valence-electron chi connectivity index (χ2n) is 3.93. The van der Waals surface area contributed by atoms with Crippen LogP contribution < -0.4 is 10.1 Å². The number of ether oxygens (including phenoxy) is 1. The Morgan fingerprint density at radius 3 is 2.60 bits per heavy atom. The molecule has 2 aromatic rings. The van der Waals surface area contributed by atoms with Crippen LogP contribution in [0, 0.1) is 0 Å². The number of methoxy groups -OCH3 is 1. The van der Waals surface area contributed by atoms with Gasteiger partial charge in [0.05, 0.1) is 17.7 Å². The molecule has 1 amide bonds. The van der Waals surface area contributed by atoms with E-state index < -0.39 is 0 Å². The van der Waals surface area contributed by atoms with E-state index in [-0.39, 0.29) is 5.91 Å². The van der Waals surface area contributed by atoms with Crippen LogP contribution in [0.25, 0.3) is 0 Å². The Morgan fingerprint density at radius 2 is 1.95 bits per heavy atom. The van der Waals surface area contributed by atoms with E-state index in [0.717, 1.165) is 4.47 Å². The van der Waals surface area contributed by atoms with Gasteiger partial charge < -0.3 is 10.1 Å². The first-order chi connectivity index (χ1) is 9.51. The van der Waals surface area contributed by atoms with Crippen molar-refractivity contribution < 1.29 is 9.53 Å². The highest BCUT2D eigenvalue weighted by molar-refractivity contribution is 9.11. The van der Waals surface area contributed by atoms with Gasteiger partial charge in [-0.1, -0.05) is 27.5 Å². The quantitative estimate of drug-likeness (QED) is 0.749. The minimum absolute atomic E-state index is 0.214. The number of rotatable bonds is 3. The summed E-state index contributed by atoms with van der Waals surface area (Å²) in [6.07, 6.45) is 0. The van der Waals surface area contributed by atoms with Crippen LogP contribution in [0.5, 0.6) is 5.75 Å². The van der Waals surface area contributed by atoms with Gasteiger partial charge in [0, 0.05) is 20.7 Å². The number of benzene rings is 2. The van der Waals surface area contributed by atoms with Crippen LogP contribution in [-0.4, -0.2) is 13.0 Å². The molecule has 0 bridgehead atoms. The summed E-state index contributed by atoms with van der Waals surface area (Å²) in [5.74, 6) is 0.299. The molecule has 2 rings (SSSR count). The molecule has 2 aromatic carbocycles. The molecule has 0 aliphatic carbocycles. The SMILES string of the molecule is COc1cc(NC(=O)c2ccc(Br)cc2Br)ccc1Cl. The maximum atomic E-state index is 12.2. The third-order valence-electron chi connectivity index (χ3n) is 2.58. The minimum Gasteiger partial charge on any atom is -0.495 e. The summed E-state index contributed by atoms with van der Waals surface area (Å²) in [4.78, 5) is 12.2. The van der Waals surface area contributed by atoms with Crippen molar-refractivity contribution in [3.8, 4) is 5.75 Å². The number of carbonyl (C=O) groups is 1. The molecular weight excluding hydrogens is 409 g/mol. The molecule has 104 valence electrons. The Balaban J connectivity index is 2.23. The lowest BCUT2D eigenvalue weighted by molar-refractivity contribution is 0.102. The first kappa shape index (κ1) is 15.4. The fraction of sp³-hybridized carbons (Fsp3) is 0.0714. The monoisotopic (exact) mass is 417 g/mol. The van der Waals surface area contributed by atoms with Gasteiger partial charge in [0.25, 0.3) is 5.91 Å². The van der Waals surface area contributed by atoms with Gasteiger partial charge in [-0.15, -0.1) is 0 Å². The van der Waals surface area contributed by atoms with Gasteiger partial charge in [-0.05, 0) is 46.3 Å². The lowest BCUT2D eigenvalue weighted by atomic mass is 10.2. The highest BCUT2D eigenvalue weighted by atomic mass is 79.9. The van der Waals surface area contributed by atoms with E-state index in [1.807, 2.05) is 12.1 Å². The summed E-state index contributed by atoms with van der Waals surface area (Å²) in [5.41, 5.74) is 1.16. The Bertz CT molecular complexity index is 662. The number of anilines is 1. The molecule has 3 nitrogen and oxygen atoms in total.